The number of ether oxygens (including phenoxy) is 1. The van der Waals surface area contributed by atoms with Gasteiger partial charge in [0.1, 0.15) is 5.56 Å². The molecule has 1 aromatic heterocycles. The van der Waals surface area contributed by atoms with Crippen LogP contribution in [0.5, 0.6) is 0 Å². The maximum Gasteiger partial charge on any atom is 0.421 e. The second kappa shape index (κ2) is 9.23. The molecule has 0 amide bonds. The molecular formula is C25H26F3N5O. The van der Waals surface area contributed by atoms with E-state index in [-0.39, 0.29) is 11.8 Å². The van der Waals surface area contributed by atoms with E-state index in [2.05, 4.69) is 26.3 Å². The van der Waals surface area contributed by atoms with E-state index < -0.39 is 11.7 Å². The van der Waals surface area contributed by atoms with Crippen LogP contribution in [-0.2, 0) is 30.3 Å². The van der Waals surface area contributed by atoms with Crippen LogP contribution < -0.4 is 10.2 Å². The molecule has 1 N–H and O–H groups in total. The Morgan fingerprint density at radius 3 is 2.68 bits per heavy atom. The molecule has 2 aliphatic rings. The van der Waals surface area contributed by atoms with Gasteiger partial charge in [-0.1, -0.05) is 24.3 Å². The number of hydrogen-bond donors (Lipinski definition) is 1. The van der Waals surface area contributed by atoms with Crippen LogP contribution in [0.25, 0.3) is 0 Å². The summed E-state index contributed by atoms with van der Waals surface area (Å²) in [5.74, 6) is 0.0200. The van der Waals surface area contributed by atoms with Gasteiger partial charge < -0.3 is 15.0 Å². The summed E-state index contributed by atoms with van der Waals surface area (Å²) in [6.07, 6.45) is -2.10. The fourth-order valence-electron chi connectivity index (χ4n) is 4.63. The lowest BCUT2D eigenvalue weighted by Crippen LogP contribution is -2.33. The summed E-state index contributed by atoms with van der Waals surface area (Å²) >= 11 is 0. The Labute approximate surface area is 196 Å². The van der Waals surface area contributed by atoms with Gasteiger partial charge in [0.25, 0.3) is 0 Å². The molecule has 0 unspecified atom stereocenters. The molecule has 3 heterocycles. The van der Waals surface area contributed by atoms with Gasteiger partial charge in [0, 0.05) is 50.9 Å². The quantitative estimate of drug-likeness (QED) is 0.552. The molecule has 5 rings (SSSR count). The summed E-state index contributed by atoms with van der Waals surface area (Å²) in [7, 11) is 1.70. The number of para-hydroxylation sites is 1. The van der Waals surface area contributed by atoms with Gasteiger partial charge >= 0.3 is 6.18 Å². The maximum absolute atomic E-state index is 13.8. The van der Waals surface area contributed by atoms with Crippen LogP contribution in [0.1, 0.15) is 22.3 Å². The Bertz CT molecular complexity index is 1180. The Kier molecular flexibility index (Phi) is 6.14. The van der Waals surface area contributed by atoms with Crippen LogP contribution in [0.4, 0.5) is 36.3 Å². The predicted molar refractivity (Wildman–Crippen MR) is 125 cm³/mol. The van der Waals surface area contributed by atoms with Crippen molar-refractivity contribution in [3.8, 4) is 0 Å². The average Bonchev–Trinajstić information content (AvgIpc) is 3.26. The number of nitrogens with zero attached hydrogens (tertiary/aromatic N) is 4. The highest BCUT2D eigenvalue weighted by Crippen LogP contribution is 2.41. The van der Waals surface area contributed by atoms with Crippen LogP contribution in [0.3, 0.4) is 0 Å². The number of halogens is 3. The number of aromatic nitrogens is 2. The standard InChI is InChI=1S/C25H26F3N5O/c1-34-13-12-32-10-8-18-14-20(7-6-19(18)16-32)30-24-29-15-21(25(26,27)28)23(31-24)33-11-9-17-4-2-3-5-22(17)33/h2-7,14-15H,8-13,16H2,1H3,(H,29,30,31). The highest BCUT2D eigenvalue weighted by molar-refractivity contribution is 5.71. The van der Waals surface area contributed by atoms with Crippen molar-refractivity contribution in [2.75, 3.05) is 43.6 Å². The van der Waals surface area contributed by atoms with Gasteiger partial charge in [0.05, 0.1) is 6.61 Å². The molecule has 2 aliphatic heterocycles. The van der Waals surface area contributed by atoms with Crippen molar-refractivity contribution < 1.29 is 17.9 Å². The Morgan fingerprint density at radius 2 is 1.85 bits per heavy atom. The lowest BCUT2D eigenvalue weighted by molar-refractivity contribution is -0.137. The molecule has 0 saturated heterocycles. The molecule has 0 atom stereocenters. The predicted octanol–water partition coefficient (Wildman–Crippen LogP) is 4.94. The highest BCUT2D eigenvalue weighted by Gasteiger charge is 2.38. The van der Waals surface area contributed by atoms with E-state index >= 15 is 0 Å². The second-order valence-electron chi connectivity index (χ2n) is 8.59. The van der Waals surface area contributed by atoms with Gasteiger partial charge in [0.2, 0.25) is 5.95 Å². The largest absolute Gasteiger partial charge is 0.421 e. The summed E-state index contributed by atoms with van der Waals surface area (Å²) in [6.45, 7) is 3.82. The highest BCUT2D eigenvalue weighted by atomic mass is 19.4. The zero-order chi connectivity index (χ0) is 23.7. The summed E-state index contributed by atoms with van der Waals surface area (Å²) in [5, 5.41) is 3.12. The van der Waals surface area contributed by atoms with Gasteiger partial charge in [-0.2, -0.15) is 18.2 Å². The van der Waals surface area contributed by atoms with Gasteiger partial charge in [-0.05, 0) is 47.7 Å². The third-order valence-electron chi connectivity index (χ3n) is 6.38. The Hall–Kier alpha value is -3.17. The topological polar surface area (TPSA) is 53.5 Å². The second-order valence-corrected chi connectivity index (χ2v) is 8.59. The number of fused-ring (bicyclic) bond motifs is 2. The van der Waals surface area contributed by atoms with E-state index in [1.165, 1.54) is 11.1 Å². The minimum Gasteiger partial charge on any atom is -0.383 e. The lowest BCUT2D eigenvalue weighted by Gasteiger charge is -2.28. The first-order chi connectivity index (χ1) is 16.4. The monoisotopic (exact) mass is 469 g/mol. The fraction of sp³-hybridized carbons (Fsp3) is 0.360. The summed E-state index contributed by atoms with van der Waals surface area (Å²) < 4.78 is 46.6. The maximum atomic E-state index is 13.8. The molecule has 0 spiro atoms. The molecule has 6 nitrogen and oxygen atoms in total. The molecule has 34 heavy (non-hydrogen) atoms. The number of anilines is 4. The molecular weight excluding hydrogens is 443 g/mol. The first-order valence-electron chi connectivity index (χ1n) is 11.3. The minimum absolute atomic E-state index is 0.123. The van der Waals surface area contributed by atoms with Gasteiger partial charge in [0.15, 0.2) is 5.82 Å². The van der Waals surface area contributed by atoms with E-state index in [0.717, 1.165) is 49.2 Å². The number of rotatable bonds is 6. The number of benzene rings is 2. The average molecular weight is 470 g/mol. The normalized spacial score (nSPS) is 15.8. The first-order valence-corrected chi connectivity index (χ1v) is 11.3. The summed E-state index contributed by atoms with van der Waals surface area (Å²) in [5.41, 5.74) is 4.16. The van der Waals surface area contributed by atoms with Crippen LogP contribution >= 0.6 is 0 Å². The molecule has 0 fully saturated rings. The lowest BCUT2D eigenvalue weighted by atomic mass is 9.99. The summed E-state index contributed by atoms with van der Waals surface area (Å²) in [6, 6.07) is 13.5. The fourth-order valence-corrected chi connectivity index (χ4v) is 4.63. The van der Waals surface area contributed by atoms with E-state index in [1.807, 2.05) is 36.4 Å². The van der Waals surface area contributed by atoms with Crippen molar-refractivity contribution >= 4 is 23.1 Å². The van der Waals surface area contributed by atoms with Crippen molar-refractivity contribution in [3.05, 3.63) is 70.9 Å². The third kappa shape index (κ3) is 4.58. The number of hydrogen-bond acceptors (Lipinski definition) is 6. The number of alkyl halides is 3. The van der Waals surface area contributed by atoms with Gasteiger partial charge in [-0.25, -0.2) is 4.98 Å². The van der Waals surface area contributed by atoms with Crippen molar-refractivity contribution in [3.63, 3.8) is 0 Å². The van der Waals surface area contributed by atoms with Crippen molar-refractivity contribution in [1.29, 1.82) is 0 Å². The minimum atomic E-state index is -4.55. The SMILES string of the molecule is COCCN1CCc2cc(Nc3ncc(C(F)(F)F)c(N4CCc5ccccc54)n3)ccc2C1. The van der Waals surface area contributed by atoms with Crippen LogP contribution in [0.2, 0.25) is 0 Å². The Balaban J connectivity index is 1.41. The van der Waals surface area contributed by atoms with Crippen molar-refractivity contribution in [2.45, 2.75) is 25.6 Å². The van der Waals surface area contributed by atoms with E-state index in [1.54, 1.807) is 12.0 Å². The Morgan fingerprint density at radius 1 is 1.03 bits per heavy atom. The van der Waals surface area contributed by atoms with Crippen LogP contribution in [0.15, 0.2) is 48.7 Å². The zero-order valence-electron chi connectivity index (χ0n) is 18.9. The molecule has 2 aromatic carbocycles. The van der Waals surface area contributed by atoms with E-state index in [4.69, 9.17) is 4.74 Å². The van der Waals surface area contributed by atoms with Gasteiger partial charge in [-0.15, -0.1) is 0 Å². The smallest absolute Gasteiger partial charge is 0.383 e. The molecule has 178 valence electrons. The molecule has 0 bridgehead atoms. The van der Waals surface area contributed by atoms with E-state index in [9.17, 15) is 13.2 Å². The van der Waals surface area contributed by atoms with E-state index in [0.29, 0.717) is 19.6 Å². The summed E-state index contributed by atoms with van der Waals surface area (Å²) in [4.78, 5) is 12.3. The zero-order valence-corrected chi connectivity index (χ0v) is 18.9. The van der Waals surface area contributed by atoms with Crippen molar-refractivity contribution in [2.24, 2.45) is 0 Å². The number of nitrogens with one attached hydrogen (secondary N) is 1. The van der Waals surface area contributed by atoms with Crippen LogP contribution in [-0.4, -0.2) is 48.2 Å². The van der Waals surface area contributed by atoms with Gasteiger partial charge in [-0.3, -0.25) is 4.90 Å². The van der Waals surface area contributed by atoms with Crippen LogP contribution in [0, 0.1) is 0 Å². The number of methoxy groups -OCH3 is 1. The third-order valence-corrected chi connectivity index (χ3v) is 6.38. The van der Waals surface area contributed by atoms with Crippen molar-refractivity contribution in [1.82, 2.24) is 14.9 Å². The molecule has 0 aliphatic carbocycles. The molecule has 9 heteroatoms. The first kappa shape index (κ1) is 22.6. The molecule has 0 radical (unpaired) electrons. The molecule has 3 aromatic rings. The molecule has 0 saturated carbocycles.